The summed E-state index contributed by atoms with van der Waals surface area (Å²) in [5.74, 6) is -1.64. The second kappa shape index (κ2) is 9.42. The average Bonchev–Trinajstić information content (AvgIpc) is 3.03. The molecular formula is C25H30N2O5. The number of ether oxygens (including phenoxy) is 1. The second-order valence-electron chi connectivity index (χ2n) is 9.34. The maximum atomic E-state index is 12.8. The number of alkyl carbamates (subject to hydrolysis) is 1. The molecule has 0 fully saturated rings. The highest BCUT2D eigenvalue weighted by Crippen LogP contribution is 2.44. The van der Waals surface area contributed by atoms with Crippen molar-refractivity contribution in [2.45, 2.75) is 39.7 Å². The van der Waals surface area contributed by atoms with Crippen LogP contribution in [-0.4, -0.2) is 53.7 Å². The Balaban J connectivity index is 1.63. The molecule has 7 nitrogen and oxygen atoms in total. The van der Waals surface area contributed by atoms with Gasteiger partial charge in [-0.2, -0.15) is 0 Å². The largest absolute Gasteiger partial charge is 0.480 e. The number of fused-ring (bicyclic) bond motifs is 3. The molecule has 2 aromatic rings. The number of hydrogen-bond acceptors (Lipinski definition) is 4. The fraction of sp³-hybridized carbons (Fsp3) is 0.400. The van der Waals surface area contributed by atoms with E-state index in [1.807, 2.05) is 57.2 Å². The van der Waals surface area contributed by atoms with Gasteiger partial charge in [-0.05, 0) is 34.6 Å². The predicted molar refractivity (Wildman–Crippen MR) is 121 cm³/mol. The Morgan fingerprint density at radius 3 is 2.06 bits per heavy atom. The van der Waals surface area contributed by atoms with Crippen LogP contribution in [-0.2, 0) is 14.3 Å². The van der Waals surface area contributed by atoms with Gasteiger partial charge in [-0.25, -0.2) is 4.79 Å². The maximum Gasteiger partial charge on any atom is 0.407 e. The van der Waals surface area contributed by atoms with Gasteiger partial charge < -0.3 is 20.1 Å². The van der Waals surface area contributed by atoms with Crippen molar-refractivity contribution in [1.29, 1.82) is 0 Å². The van der Waals surface area contributed by atoms with E-state index in [2.05, 4.69) is 17.4 Å². The molecule has 0 aromatic heterocycles. The molecular weight excluding hydrogens is 408 g/mol. The van der Waals surface area contributed by atoms with E-state index in [1.165, 1.54) is 11.8 Å². The van der Waals surface area contributed by atoms with Crippen LogP contribution in [0.5, 0.6) is 0 Å². The van der Waals surface area contributed by atoms with Gasteiger partial charge in [-0.3, -0.25) is 9.59 Å². The van der Waals surface area contributed by atoms with Crippen molar-refractivity contribution in [3.8, 4) is 11.1 Å². The summed E-state index contributed by atoms with van der Waals surface area (Å²) in [4.78, 5) is 37.7. The van der Waals surface area contributed by atoms with Gasteiger partial charge in [0, 0.05) is 12.5 Å². The Bertz CT molecular complexity index is 966. The topological polar surface area (TPSA) is 95.9 Å². The van der Waals surface area contributed by atoms with Gasteiger partial charge in [0.2, 0.25) is 5.91 Å². The molecule has 170 valence electrons. The van der Waals surface area contributed by atoms with Gasteiger partial charge in [0.15, 0.2) is 0 Å². The number of carboxylic acid groups (broad SMARTS) is 1. The zero-order valence-corrected chi connectivity index (χ0v) is 18.9. The van der Waals surface area contributed by atoms with E-state index in [4.69, 9.17) is 9.84 Å². The molecule has 1 aliphatic rings. The molecule has 1 aliphatic carbocycles. The molecule has 2 amide bonds. The summed E-state index contributed by atoms with van der Waals surface area (Å²) in [5.41, 5.74) is 4.18. The van der Waals surface area contributed by atoms with Crippen LogP contribution in [0.1, 0.15) is 44.7 Å². The fourth-order valence-electron chi connectivity index (χ4n) is 4.10. The SMILES string of the molecule is C[C@@H](NC(=O)OCC1c2ccccc2-c2ccccc21)C(=O)N(CC(=O)O)CC(C)(C)C. The smallest absolute Gasteiger partial charge is 0.407 e. The highest BCUT2D eigenvalue weighted by atomic mass is 16.5. The summed E-state index contributed by atoms with van der Waals surface area (Å²) < 4.78 is 5.49. The Morgan fingerprint density at radius 1 is 1.03 bits per heavy atom. The van der Waals surface area contributed by atoms with E-state index >= 15 is 0 Å². The Hall–Kier alpha value is -3.35. The Labute approximate surface area is 188 Å². The molecule has 0 saturated heterocycles. The number of aliphatic carboxylic acids is 1. The lowest BCUT2D eigenvalue weighted by molar-refractivity contribution is -0.146. The molecule has 7 heteroatoms. The van der Waals surface area contributed by atoms with Gasteiger partial charge in [-0.15, -0.1) is 0 Å². The van der Waals surface area contributed by atoms with Crippen LogP contribution >= 0.6 is 0 Å². The summed E-state index contributed by atoms with van der Waals surface area (Å²) in [6, 6.07) is 15.2. The molecule has 0 heterocycles. The van der Waals surface area contributed by atoms with Crippen molar-refractivity contribution in [1.82, 2.24) is 10.2 Å². The number of carbonyl (C=O) groups excluding carboxylic acids is 2. The van der Waals surface area contributed by atoms with Gasteiger partial charge in [0.25, 0.3) is 0 Å². The van der Waals surface area contributed by atoms with Crippen molar-refractivity contribution in [3.63, 3.8) is 0 Å². The minimum Gasteiger partial charge on any atom is -0.480 e. The quantitative estimate of drug-likeness (QED) is 0.684. The van der Waals surface area contributed by atoms with E-state index in [0.29, 0.717) is 0 Å². The summed E-state index contributed by atoms with van der Waals surface area (Å²) in [5, 5.41) is 11.7. The predicted octanol–water partition coefficient (Wildman–Crippen LogP) is 3.87. The van der Waals surface area contributed by atoms with E-state index in [0.717, 1.165) is 22.3 Å². The Morgan fingerprint density at radius 2 is 1.56 bits per heavy atom. The molecule has 0 aliphatic heterocycles. The first-order valence-corrected chi connectivity index (χ1v) is 10.7. The molecule has 0 spiro atoms. The maximum absolute atomic E-state index is 12.8. The second-order valence-corrected chi connectivity index (χ2v) is 9.34. The molecule has 0 unspecified atom stereocenters. The molecule has 0 saturated carbocycles. The number of hydrogen-bond donors (Lipinski definition) is 2. The molecule has 3 rings (SSSR count). The standard InChI is InChI=1S/C25H30N2O5/c1-16(23(30)27(13-22(28)29)15-25(2,3)4)26-24(31)32-14-21-19-11-7-5-9-17(19)18-10-6-8-12-20(18)21/h5-12,16,21H,13-15H2,1-4H3,(H,26,31)(H,28,29)/t16-/m1/s1. The first-order valence-electron chi connectivity index (χ1n) is 10.7. The molecule has 1 atom stereocenters. The number of amides is 2. The zero-order chi connectivity index (χ0) is 23.5. The van der Waals surface area contributed by atoms with E-state index < -0.39 is 30.6 Å². The van der Waals surface area contributed by atoms with Crippen molar-refractivity contribution in [2.24, 2.45) is 5.41 Å². The third-order valence-electron chi connectivity index (χ3n) is 5.35. The monoisotopic (exact) mass is 438 g/mol. The average molecular weight is 439 g/mol. The first-order chi connectivity index (χ1) is 15.1. The number of carbonyl (C=O) groups is 3. The number of benzene rings is 2. The molecule has 2 aromatic carbocycles. The minimum atomic E-state index is -1.10. The van der Waals surface area contributed by atoms with Crippen LogP contribution in [0.25, 0.3) is 11.1 Å². The lowest BCUT2D eigenvalue weighted by Crippen LogP contribution is -2.50. The Kier molecular flexibility index (Phi) is 6.87. The summed E-state index contributed by atoms with van der Waals surface area (Å²) >= 11 is 0. The molecule has 2 N–H and O–H groups in total. The summed E-state index contributed by atoms with van der Waals surface area (Å²) in [6.45, 7) is 7.25. The summed E-state index contributed by atoms with van der Waals surface area (Å²) in [6.07, 6.45) is -0.709. The molecule has 0 radical (unpaired) electrons. The fourth-order valence-corrected chi connectivity index (χ4v) is 4.10. The number of nitrogens with one attached hydrogen (secondary N) is 1. The van der Waals surface area contributed by atoms with Crippen LogP contribution in [0.4, 0.5) is 4.79 Å². The van der Waals surface area contributed by atoms with E-state index in [1.54, 1.807) is 0 Å². The zero-order valence-electron chi connectivity index (χ0n) is 18.9. The van der Waals surface area contributed by atoms with Crippen LogP contribution in [0.2, 0.25) is 0 Å². The lowest BCUT2D eigenvalue weighted by atomic mass is 9.95. The lowest BCUT2D eigenvalue weighted by Gasteiger charge is -2.30. The van der Waals surface area contributed by atoms with Crippen LogP contribution < -0.4 is 5.32 Å². The van der Waals surface area contributed by atoms with Crippen LogP contribution in [0.15, 0.2) is 48.5 Å². The van der Waals surface area contributed by atoms with E-state index in [-0.39, 0.29) is 24.5 Å². The van der Waals surface area contributed by atoms with E-state index in [9.17, 15) is 14.4 Å². The van der Waals surface area contributed by atoms with Gasteiger partial charge >= 0.3 is 12.1 Å². The summed E-state index contributed by atoms with van der Waals surface area (Å²) in [7, 11) is 0. The number of rotatable bonds is 7. The van der Waals surface area contributed by atoms with Gasteiger partial charge in [-0.1, -0.05) is 69.3 Å². The van der Waals surface area contributed by atoms with Gasteiger partial charge in [0.1, 0.15) is 19.2 Å². The minimum absolute atomic E-state index is 0.0800. The van der Waals surface area contributed by atoms with Crippen molar-refractivity contribution >= 4 is 18.0 Å². The normalized spacial score (nSPS) is 13.6. The highest BCUT2D eigenvalue weighted by molar-refractivity contribution is 5.88. The van der Waals surface area contributed by atoms with Crippen molar-refractivity contribution in [2.75, 3.05) is 19.7 Å². The third kappa shape index (κ3) is 5.46. The third-order valence-corrected chi connectivity index (χ3v) is 5.35. The molecule has 32 heavy (non-hydrogen) atoms. The highest BCUT2D eigenvalue weighted by Gasteiger charge is 2.30. The van der Waals surface area contributed by atoms with Crippen molar-refractivity contribution in [3.05, 3.63) is 59.7 Å². The van der Waals surface area contributed by atoms with Crippen LogP contribution in [0.3, 0.4) is 0 Å². The van der Waals surface area contributed by atoms with Crippen molar-refractivity contribution < 1.29 is 24.2 Å². The van der Waals surface area contributed by atoms with Crippen LogP contribution in [0, 0.1) is 5.41 Å². The number of nitrogens with zero attached hydrogens (tertiary/aromatic N) is 1. The van der Waals surface area contributed by atoms with Gasteiger partial charge in [0.05, 0.1) is 0 Å². The number of carboxylic acids is 1. The first kappa shape index (κ1) is 23.3. The molecule has 0 bridgehead atoms.